The Morgan fingerprint density at radius 2 is 1.65 bits per heavy atom. The Labute approximate surface area is 123 Å². The molecule has 0 bridgehead atoms. The van der Waals surface area contributed by atoms with E-state index in [1.807, 2.05) is 26.9 Å². The monoisotopic (exact) mass is 318 g/mol. The number of ether oxygens (including phenoxy) is 1. The van der Waals surface area contributed by atoms with Gasteiger partial charge in [-0.05, 0) is 46.1 Å². The highest BCUT2D eigenvalue weighted by molar-refractivity contribution is 6.85. The van der Waals surface area contributed by atoms with Crippen LogP contribution in [0.15, 0.2) is 12.2 Å². The van der Waals surface area contributed by atoms with Gasteiger partial charge in [0, 0.05) is 12.2 Å². The Morgan fingerprint density at radius 3 is 2.00 bits per heavy atom. The maximum absolute atomic E-state index is 11.7. The summed E-state index contributed by atoms with van der Waals surface area (Å²) in [5.41, 5.74) is 0. The molecule has 0 saturated carbocycles. The minimum absolute atomic E-state index is 0.628. The van der Waals surface area contributed by atoms with Crippen molar-refractivity contribution in [3.63, 3.8) is 0 Å². The van der Waals surface area contributed by atoms with Crippen molar-refractivity contribution in [2.24, 2.45) is 0 Å². The van der Waals surface area contributed by atoms with E-state index in [2.05, 4.69) is 19.6 Å². The molecule has 0 amide bonds. The number of carbonyl (C=O) groups is 2. The van der Waals surface area contributed by atoms with Gasteiger partial charge in [-0.3, -0.25) is 0 Å². The Balaban J connectivity index is 5.09. The molecule has 0 radical (unpaired) electrons. The van der Waals surface area contributed by atoms with Gasteiger partial charge in [-0.1, -0.05) is 6.92 Å². The lowest BCUT2D eigenvalue weighted by Crippen LogP contribution is -2.60. The molecular weight excluding hydrogens is 292 g/mol. The summed E-state index contributed by atoms with van der Waals surface area (Å²) in [5.74, 6) is -1.81. The van der Waals surface area contributed by atoms with Gasteiger partial charge in [0.1, 0.15) is 5.22 Å². The van der Waals surface area contributed by atoms with Crippen LogP contribution in [-0.4, -0.2) is 38.9 Å². The summed E-state index contributed by atoms with van der Waals surface area (Å²) in [7, 11) is -4.02. The Hall–Kier alpha value is -0.926. The van der Waals surface area contributed by atoms with Crippen LogP contribution >= 0.6 is 0 Å². The van der Waals surface area contributed by atoms with E-state index in [9.17, 15) is 9.59 Å². The molecule has 0 aliphatic carbocycles. The third-order valence-corrected chi connectivity index (χ3v) is 10.7. The Morgan fingerprint density at radius 1 is 1.15 bits per heavy atom. The molecule has 0 rings (SSSR count). The van der Waals surface area contributed by atoms with E-state index in [0.29, 0.717) is 6.42 Å². The van der Waals surface area contributed by atoms with E-state index in [4.69, 9.17) is 14.0 Å². The van der Waals surface area contributed by atoms with E-state index < -0.39 is 33.8 Å². The van der Waals surface area contributed by atoms with Crippen LogP contribution in [0, 0.1) is 0 Å². The maximum Gasteiger partial charge on any atom is 0.331 e. The average Bonchev–Trinajstić information content (AvgIpc) is 2.22. The molecule has 1 unspecified atom stereocenters. The molecule has 20 heavy (non-hydrogen) atoms. The second-order valence-electron chi connectivity index (χ2n) is 6.40. The first kappa shape index (κ1) is 19.1. The normalized spacial score (nSPS) is 15.9. The van der Waals surface area contributed by atoms with Gasteiger partial charge in [-0.15, -0.1) is 0 Å². The van der Waals surface area contributed by atoms with Crippen LogP contribution in [0.2, 0.25) is 32.7 Å². The second-order valence-corrected chi connectivity index (χ2v) is 15.5. The number of esters is 1. The lowest BCUT2D eigenvalue weighted by Gasteiger charge is -2.44. The molecule has 0 aromatic rings. The molecule has 0 aromatic carbocycles. The summed E-state index contributed by atoms with van der Waals surface area (Å²) >= 11 is 0. The van der Waals surface area contributed by atoms with Crippen molar-refractivity contribution in [3.8, 4) is 0 Å². The van der Waals surface area contributed by atoms with Crippen LogP contribution in [0.3, 0.4) is 0 Å². The molecule has 0 aliphatic rings. The maximum atomic E-state index is 11.7. The van der Waals surface area contributed by atoms with Crippen molar-refractivity contribution in [1.29, 1.82) is 0 Å². The van der Waals surface area contributed by atoms with Crippen LogP contribution < -0.4 is 0 Å². The van der Waals surface area contributed by atoms with E-state index in [-0.39, 0.29) is 0 Å². The van der Waals surface area contributed by atoms with E-state index >= 15 is 0 Å². The van der Waals surface area contributed by atoms with Gasteiger partial charge in [0.05, 0.1) is 0 Å². The molecule has 0 spiro atoms. The summed E-state index contributed by atoms with van der Waals surface area (Å²) in [6.07, 6.45) is 2.35. The number of aliphatic carboxylic acids is 1. The van der Waals surface area contributed by atoms with Gasteiger partial charge in [0.15, 0.2) is 8.32 Å². The quantitative estimate of drug-likeness (QED) is 0.444. The zero-order valence-electron chi connectivity index (χ0n) is 13.4. The highest BCUT2D eigenvalue weighted by atomic mass is 28.4. The van der Waals surface area contributed by atoms with Gasteiger partial charge in [-0.2, -0.15) is 0 Å². The summed E-state index contributed by atoms with van der Waals surface area (Å²) in [5, 5.41) is 7.84. The fraction of sp³-hybridized carbons (Fsp3) is 0.692. The lowest BCUT2D eigenvalue weighted by atomic mass is 10.3. The van der Waals surface area contributed by atoms with Crippen LogP contribution in [0.1, 0.15) is 20.3 Å². The van der Waals surface area contributed by atoms with Crippen molar-refractivity contribution in [1.82, 2.24) is 0 Å². The lowest BCUT2D eigenvalue weighted by molar-refractivity contribution is -0.147. The van der Waals surface area contributed by atoms with Gasteiger partial charge in [-0.25, -0.2) is 9.59 Å². The van der Waals surface area contributed by atoms with Crippen LogP contribution in [0.5, 0.6) is 0 Å². The number of rotatable bonds is 7. The van der Waals surface area contributed by atoms with Crippen molar-refractivity contribution in [3.05, 3.63) is 12.2 Å². The third kappa shape index (κ3) is 6.02. The molecule has 7 heteroatoms. The first-order valence-corrected chi connectivity index (χ1v) is 13.0. The van der Waals surface area contributed by atoms with Crippen molar-refractivity contribution in [2.45, 2.75) is 58.2 Å². The Kier molecular flexibility index (Phi) is 6.38. The number of carboxylic acids is 1. The summed E-state index contributed by atoms with van der Waals surface area (Å²) < 4.78 is 11.8. The molecule has 116 valence electrons. The highest BCUT2D eigenvalue weighted by Gasteiger charge is 2.48. The minimum atomic E-state index is -2.27. The standard InChI is InChI=1S/C13H26O5Si2/c1-8-13(2,17-12(16)10-9-11(14)15)20(6,7)18-19(3,4)5/h9-10H,8H2,1-7H3,(H,14,15). The van der Waals surface area contributed by atoms with Gasteiger partial charge >= 0.3 is 11.9 Å². The zero-order valence-corrected chi connectivity index (χ0v) is 15.4. The third-order valence-electron chi connectivity index (χ3n) is 3.20. The predicted molar refractivity (Wildman–Crippen MR) is 83.5 cm³/mol. The largest absolute Gasteiger partial charge is 0.478 e. The highest BCUT2D eigenvalue weighted by Crippen LogP contribution is 2.31. The van der Waals surface area contributed by atoms with Crippen LogP contribution in [0.4, 0.5) is 0 Å². The van der Waals surface area contributed by atoms with Crippen molar-refractivity contribution < 1.29 is 23.5 Å². The summed E-state index contributed by atoms with van der Waals surface area (Å²) in [6, 6.07) is 0. The predicted octanol–water partition coefficient (Wildman–Crippen LogP) is 2.93. The van der Waals surface area contributed by atoms with Gasteiger partial charge in [0.25, 0.3) is 0 Å². The first-order valence-electron chi connectivity index (χ1n) is 6.67. The molecule has 0 aromatic heterocycles. The first-order chi connectivity index (χ1) is 8.83. The molecule has 5 nitrogen and oxygen atoms in total. The van der Waals surface area contributed by atoms with Crippen LogP contribution in [-0.2, 0) is 18.4 Å². The van der Waals surface area contributed by atoms with Gasteiger partial charge < -0.3 is 14.0 Å². The summed E-state index contributed by atoms with van der Waals surface area (Å²) in [4.78, 5) is 22.2. The van der Waals surface area contributed by atoms with Gasteiger partial charge in [0.2, 0.25) is 8.32 Å². The number of carboxylic acid groups (broad SMARTS) is 1. The number of hydrogen-bond acceptors (Lipinski definition) is 4. The van der Waals surface area contributed by atoms with E-state index in [0.717, 1.165) is 12.2 Å². The molecular formula is C13H26O5Si2. The zero-order chi connectivity index (χ0) is 16.2. The molecule has 0 fully saturated rings. The molecule has 1 N–H and O–H groups in total. The van der Waals surface area contributed by atoms with Crippen molar-refractivity contribution in [2.75, 3.05) is 0 Å². The van der Waals surface area contributed by atoms with E-state index in [1.165, 1.54) is 0 Å². The molecule has 1 atom stereocenters. The fourth-order valence-corrected chi connectivity index (χ4v) is 10.1. The fourth-order valence-electron chi connectivity index (χ4n) is 1.89. The average molecular weight is 319 g/mol. The van der Waals surface area contributed by atoms with Crippen molar-refractivity contribution >= 4 is 28.6 Å². The topological polar surface area (TPSA) is 72.8 Å². The van der Waals surface area contributed by atoms with Crippen LogP contribution in [0.25, 0.3) is 0 Å². The molecule has 0 heterocycles. The smallest absolute Gasteiger partial charge is 0.331 e. The Bertz CT molecular complexity index is 398. The molecule has 0 aliphatic heterocycles. The molecule has 0 saturated heterocycles. The number of hydrogen-bond donors (Lipinski definition) is 1. The SMILES string of the molecule is CCC(C)(OC(=O)C=CC(=O)O)[Si](C)(C)O[Si](C)(C)C. The summed E-state index contributed by atoms with van der Waals surface area (Å²) in [6.45, 7) is 14.2. The second kappa shape index (κ2) is 6.69. The number of carbonyl (C=O) groups excluding carboxylic acids is 1. The van der Waals surface area contributed by atoms with E-state index in [1.54, 1.807) is 0 Å². The minimum Gasteiger partial charge on any atom is -0.478 e.